The maximum atomic E-state index is 12.6. The average molecular weight is 455 g/mol. The molecule has 8 heteroatoms. The fourth-order valence-electron chi connectivity index (χ4n) is 3.95. The highest BCUT2D eigenvalue weighted by Crippen LogP contribution is 2.36. The molecule has 160 valence electrons. The van der Waals surface area contributed by atoms with Crippen LogP contribution in [0.2, 0.25) is 0 Å². The zero-order valence-corrected chi connectivity index (χ0v) is 19.3. The quantitative estimate of drug-likeness (QED) is 0.453. The maximum absolute atomic E-state index is 12.6. The number of rotatable bonds is 4. The van der Waals surface area contributed by atoms with Crippen molar-refractivity contribution in [3.05, 3.63) is 80.2 Å². The minimum Gasteiger partial charge on any atom is -0.304 e. The van der Waals surface area contributed by atoms with E-state index in [0.717, 1.165) is 55.2 Å². The van der Waals surface area contributed by atoms with Gasteiger partial charge in [-0.3, -0.25) is 14.3 Å². The smallest absolute Gasteiger partial charge is 0.304 e. The van der Waals surface area contributed by atoms with Gasteiger partial charge in [-0.2, -0.15) is 8.42 Å². The normalized spacial score (nSPS) is 11.9. The second-order valence-corrected chi connectivity index (χ2v) is 10.6. The third-order valence-electron chi connectivity index (χ3n) is 5.28. The number of aromatic nitrogens is 2. The van der Waals surface area contributed by atoms with Gasteiger partial charge in [0.1, 0.15) is 0 Å². The van der Waals surface area contributed by atoms with Gasteiger partial charge in [0.05, 0.1) is 12.1 Å². The molecular weight excluding hydrogens is 432 g/mol. The molecule has 0 saturated heterocycles. The Morgan fingerprint density at radius 2 is 1.74 bits per heavy atom. The molecule has 4 aromatic rings. The lowest BCUT2D eigenvalue weighted by molar-refractivity contribution is 0.486. The van der Waals surface area contributed by atoms with Crippen molar-refractivity contribution in [3.63, 3.8) is 0 Å². The van der Waals surface area contributed by atoms with E-state index in [2.05, 4.69) is 4.98 Å². The van der Waals surface area contributed by atoms with Crippen LogP contribution in [0.5, 0.6) is 0 Å². The van der Waals surface area contributed by atoms with Crippen molar-refractivity contribution in [1.29, 1.82) is 0 Å². The Hall–Kier alpha value is -2.81. The van der Waals surface area contributed by atoms with Crippen LogP contribution in [0.3, 0.4) is 0 Å². The highest BCUT2D eigenvalue weighted by Gasteiger charge is 2.21. The summed E-state index contributed by atoms with van der Waals surface area (Å²) in [6.45, 7) is 7.91. The molecule has 3 heterocycles. The third kappa shape index (κ3) is 4.06. The van der Waals surface area contributed by atoms with Crippen LogP contribution in [-0.2, 0) is 16.7 Å². The summed E-state index contributed by atoms with van der Waals surface area (Å²) in [5.41, 5.74) is 5.48. The minimum atomic E-state index is -4.31. The highest BCUT2D eigenvalue weighted by molar-refractivity contribution is 7.88. The molecule has 0 aliphatic rings. The van der Waals surface area contributed by atoms with Crippen molar-refractivity contribution in [2.24, 2.45) is 0 Å². The largest absolute Gasteiger partial charge is 0.304 e. The van der Waals surface area contributed by atoms with Crippen molar-refractivity contribution in [3.8, 4) is 11.1 Å². The molecule has 0 atom stereocenters. The molecule has 0 aliphatic heterocycles. The van der Waals surface area contributed by atoms with Gasteiger partial charge in [-0.1, -0.05) is 18.2 Å². The Morgan fingerprint density at radius 3 is 2.42 bits per heavy atom. The first-order chi connectivity index (χ1) is 14.5. The van der Waals surface area contributed by atoms with Crippen molar-refractivity contribution in [2.75, 3.05) is 0 Å². The molecule has 0 aliphatic carbocycles. The van der Waals surface area contributed by atoms with Crippen LogP contribution in [0.1, 0.15) is 27.4 Å². The summed E-state index contributed by atoms with van der Waals surface area (Å²) in [7, 11) is -4.31. The molecule has 4 rings (SSSR count). The summed E-state index contributed by atoms with van der Waals surface area (Å²) in [6.07, 6.45) is 0. The van der Waals surface area contributed by atoms with Crippen molar-refractivity contribution in [2.45, 2.75) is 38.4 Å². The topological polar surface area (TPSA) is 89.3 Å². The lowest BCUT2D eigenvalue weighted by atomic mass is 10.00. The van der Waals surface area contributed by atoms with Crippen LogP contribution in [0.15, 0.2) is 51.5 Å². The summed E-state index contributed by atoms with van der Waals surface area (Å²) in [5.74, 6) is 0. The van der Waals surface area contributed by atoms with Crippen molar-refractivity contribution < 1.29 is 13.0 Å². The molecule has 0 saturated carbocycles. The first kappa shape index (κ1) is 21.4. The van der Waals surface area contributed by atoms with Crippen molar-refractivity contribution >= 4 is 32.4 Å². The van der Waals surface area contributed by atoms with E-state index in [0.29, 0.717) is 12.1 Å². The Balaban J connectivity index is 1.80. The number of fused-ring (bicyclic) bond motifs is 1. The predicted molar refractivity (Wildman–Crippen MR) is 124 cm³/mol. The SMILES string of the molecule is Cc1cc2c(ccc(=O)n2Cc2ccc(-c3cc(C)sc3S(=O)(=O)O)c(C)c2)c(C)n1. The Bertz CT molecular complexity index is 1500. The Labute approximate surface area is 184 Å². The first-order valence-electron chi connectivity index (χ1n) is 9.70. The van der Waals surface area contributed by atoms with E-state index in [1.54, 1.807) is 29.7 Å². The van der Waals surface area contributed by atoms with E-state index in [9.17, 15) is 17.8 Å². The molecule has 3 aromatic heterocycles. The van der Waals surface area contributed by atoms with Gasteiger partial charge >= 0.3 is 10.1 Å². The van der Waals surface area contributed by atoms with E-state index in [1.807, 2.05) is 45.0 Å². The predicted octanol–water partition coefficient (Wildman–Crippen LogP) is 4.65. The van der Waals surface area contributed by atoms with Gasteiger partial charge in [-0.05, 0) is 62.6 Å². The number of hydrogen-bond acceptors (Lipinski definition) is 5. The number of hydrogen-bond donors (Lipinski definition) is 1. The van der Waals surface area contributed by atoms with Gasteiger partial charge in [0, 0.05) is 33.3 Å². The van der Waals surface area contributed by atoms with Crippen LogP contribution < -0.4 is 5.56 Å². The molecule has 31 heavy (non-hydrogen) atoms. The third-order valence-corrected chi connectivity index (χ3v) is 7.70. The minimum absolute atomic E-state index is 0.0513. The number of benzene rings is 1. The number of nitrogens with zero attached hydrogens (tertiary/aromatic N) is 2. The van der Waals surface area contributed by atoms with Crippen LogP contribution in [0, 0.1) is 27.7 Å². The molecular formula is C23H22N2O4S2. The monoisotopic (exact) mass is 454 g/mol. The van der Waals surface area contributed by atoms with E-state index in [1.165, 1.54) is 0 Å². The van der Waals surface area contributed by atoms with Crippen molar-refractivity contribution in [1.82, 2.24) is 9.55 Å². The first-order valence-corrected chi connectivity index (χ1v) is 12.0. The lowest BCUT2D eigenvalue weighted by Gasteiger charge is -2.14. The lowest BCUT2D eigenvalue weighted by Crippen LogP contribution is -2.20. The standard InChI is InChI=1S/C23H22N2O4S2/c1-13-9-17(5-6-18(13)20-11-15(3)30-23(20)31(27,28)29)12-25-21-10-14(2)24-16(4)19(21)7-8-22(25)26/h5-11H,12H2,1-4H3,(H,27,28,29). The van der Waals surface area contributed by atoms with E-state index in [4.69, 9.17) is 0 Å². The average Bonchev–Trinajstić information content (AvgIpc) is 3.06. The highest BCUT2D eigenvalue weighted by atomic mass is 32.3. The number of thiophene rings is 1. The molecule has 6 nitrogen and oxygen atoms in total. The molecule has 1 N–H and O–H groups in total. The van der Waals surface area contributed by atoms with Gasteiger partial charge < -0.3 is 4.57 Å². The van der Waals surface area contributed by atoms with E-state index < -0.39 is 10.1 Å². The fourth-order valence-corrected chi connectivity index (χ4v) is 5.97. The summed E-state index contributed by atoms with van der Waals surface area (Å²) in [4.78, 5) is 17.9. The zero-order valence-electron chi connectivity index (χ0n) is 17.6. The van der Waals surface area contributed by atoms with E-state index >= 15 is 0 Å². The van der Waals surface area contributed by atoms with Gasteiger partial charge in [0.25, 0.3) is 5.56 Å². The molecule has 0 amide bonds. The second kappa shape index (κ2) is 7.71. The van der Waals surface area contributed by atoms with Gasteiger partial charge in [-0.25, -0.2) is 0 Å². The Morgan fingerprint density at radius 1 is 1.00 bits per heavy atom. The number of pyridine rings is 2. The molecule has 0 bridgehead atoms. The molecule has 0 spiro atoms. The molecule has 0 fully saturated rings. The molecule has 1 aromatic carbocycles. The van der Waals surface area contributed by atoms with Crippen LogP contribution in [0.4, 0.5) is 0 Å². The van der Waals surface area contributed by atoms with Gasteiger partial charge in [0.2, 0.25) is 0 Å². The summed E-state index contributed by atoms with van der Waals surface area (Å²) < 4.78 is 34.9. The summed E-state index contributed by atoms with van der Waals surface area (Å²) in [6, 6.07) is 12.7. The summed E-state index contributed by atoms with van der Waals surface area (Å²) in [5, 5.41) is 0.935. The number of aryl methyl sites for hydroxylation is 4. The maximum Gasteiger partial charge on any atom is 0.304 e. The molecule has 0 radical (unpaired) electrons. The fraction of sp³-hybridized carbons (Fsp3) is 0.217. The van der Waals surface area contributed by atoms with Gasteiger partial charge in [-0.15, -0.1) is 11.3 Å². The van der Waals surface area contributed by atoms with Crippen LogP contribution >= 0.6 is 11.3 Å². The second-order valence-electron chi connectivity index (χ2n) is 7.72. The van der Waals surface area contributed by atoms with Gasteiger partial charge in [0.15, 0.2) is 4.21 Å². The molecule has 0 unspecified atom stereocenters. The van der Waals surface area contributed by atoms with E-state index in [-0.39, 0.29) is 9.77 Å². The van der Waals surface area contributed by atoms with Crippen LogP contribution in [0.25, 0.3) is 22.0 Å². The van der Waals surface area contributed by atoms with Crippen LogP contribution in [-0.4, -0.2) is 22.5 Å². The zero-order chi connectivity index (χ0) is 22.5. The Kier molecular flexibility index (Phi) is 5.33. The summed E-state index contributed by atoms with van der Waals surface area (Å²) >= 11 is 1.05.